The monoisotopic (exact) mass is 334 g/mol. The number of aryl methyl sites for hydroxylation is 2. The summed E-state index contributed by atoms with van der Waals surface area (Å²) in [5.74, 6) is 1.69. The average molecular weight is 334 g/mol. The molecule has 6 heteroatoms. The van der Waals surface area contributed by atoms with Crippen molar-refractivity contribution in [3.63, 3.8) is 0 Å². The highest BCUT2D eigenvalue weighted by molar-refractivity contribution is 5.77. The summed E-state index contributed by atoms with van der Waals surface area (Å²) in [6.45, 7) is 6.96. The molecule has 0 saturated carbocycles. The van der Waals surface area contributed by atoms with Crippen LogP contribution in [0.2, 0.25) is 0 Å². The van der Waals surface area contributed by atoms with Gasteiger partial charge in [0.05, 0.1) is 22.4 Å². The Morgan fingerprint density at radius 1 is 1.00 bits per heavy atom. The minimum atomic E-state index is 0.795. The first-order chi connectivity index (χ1) is 12.2. The van der Waals surface area contributed by atoms with Crippen molar-refractivity contribution in [1.29, 1.82) is 0 Å². The molecule has 0 atom stereocenters. The molecule has 0 N–H and O–H groups in total. The van der Waals surface area contributed by atoms with Crippen LogP contribution in [0.1, 0.15) is 37.0 Å². The van der Waals surface area contributed by atoms with Crippen molar-refractivity contribution in [3.05, 3.63) is 41.5 Å². The fourth-order valence-electron chi connectivity index (χ4n) is 3.16. The van der Waals surface area contributed by atoms with Gasteiger partial charge >= 0.3 is 0 Å². The zero-order valence-corrected chi connectivity index (χ0v) is 14.7. The zero-order chi connectivity index (χ0) is 17.2. The summed E-state index contributed by atoms with van der Waals surface area (Å²) < 4.78 is 1.94. The molecular formula is C19H22N6. The predicted molar refractivity (Wildman–Crippen MR) is 100 cm³/mol. The van der Waals surface area contributed by atoms with Crippen molar-refractivity contribution < 1.29 is 0 Å². The summed E-state index contributed by atoms with van der Waals surface area (Å²) >= 11 is 0. The topological polar surface area (TPSA) is 59.7 Å². The third-order valence-corrected chi connectivity index (χ3v) is 4.55. The van der Waals surface area contributed by atoms with Gasteiger partial charge in [0.15, 0.2) is 5.82 Å². The van der Waals surface area contributed by atoms with Gasteiger partial charge in [-0.05, 0) is 51.0 Å². The molecule has 0 radical (unpaired) electrons. The SMILES string of the molecule is CCn1nc(N2CCCC2)nc1/C=C/c1nc2ccccc2nc1C. The Bertz CT molecular complexity index is 921. The molecule has 3 heterocycles. The van der Waals surface area contributed by atoms with Gasteiger partial charge in [-0.15, -0.1) is 5.10 Å². The molecule has 0 spiro atoms. The largest absolute Gasteiger partial charge is 0.340 e. The summed E-state index contributed by atoms with van der Waals surface area (Å²) in [4.78, 5) is 16.3. The summed E-state index contributed by atoms with van der Waals surface area (Å²) in [6, 6.07) is 7.93. The molecule has 1 aromatic carbocycles. The molecule has 1 saturated heterocycles. The van der Waals surface area contributed by atoms with Gasteiger partial charge in [-0.2, -0.15) is 4.98 Å². The number of hydrogen-bond acceptors (Lipinski definition) is 5. The Balaban J connectivity index is 1.66. The van der Waals surface area contributed by atoms with E-state index >= 15 is 0 Å². The standard InChI is InChI=1S/C19H22N6/c1-3-25-18(22-19(23-25)24-12-6-7-13-24)11-10-15-14(2)20-16-8-4-5-9-17(16)21-15/h4-5,8-11H,3,6-7,12-13H2,1-2H3/b11-10+. The van der Waals surface area contributed by atoms with Gasteiger partial charge < -0.3 is 4.90 Å². The van der Waals surface area contributed by atoms with E-state index in [1.165, 1.54) is 12.8 Å². The molecule has 2 aromatic heterocycles. The highest BCUT2D eigenvalue weighted by Gasteiger charge is 2.17. The number of para-hydroxylation sites is 2. The molecule has 0 aliphatic carbocycles. The van der Waals surface area contributed by atoms with Crippen molar-refractivity contribution in [2.75, 3.05) is 18.0 Å². The van der Waals surface area contributed by atoms with Crippen LogP contribution in [0.4, 0.5) is 5.95 Å². The van der Waals surface area contributed by atoms with Crippen molar-refractivity contribution in [3.8, 4) is 0 Å². The number of hydrogen-bond donors (Lipinski definition) is 0. The fourth-order valence-corrected chi connectivity index (χ4v) is 3.16. The molecule has 1 aliphatic rings. The second kappa shape index (κ2) is 6.63. The molecule has 25 heavy (non-hydrogen) atoms. The lowest BCUT2D eigenvalue weighted by Crippen LogP contribution is -2.19. The van der Waals surface area contributed by atoms with Gasteiger partial charge in [0.1, 0.15) is 0 Å². The van der Waals surface area contributed by atoms with Crippen LogP contribution in [0.15, 0.2) is 24.3 Å². The minimum absolute atomic E-state index is 0.795. The summed E-state index contributed by atoms with van der Waals surface area (Å²) in [5, 5.41) is 4.64. The highest BCUT2D eigenvalue weighted by atomic mass is 15.4. The Morgan fingerprint density at radius 2 is 1.72 bits per heavy atom. The second-order valence-electron chi connectivity index (χ2n) is 6.30. The summed E-state index contributed by atoms with van der Waals surface area (Å²) in [7, 11) is 0. The fraction of sp³-hybridized carbons (Fsp3) is 0.368. The lowest BCUT2D eigenvalue weighted by molar-refractivity contribution is 0.648. The maximum atomic E-state index is 4.71. The number of fused-ring (bicyclic) bond motifs is 1. The molecule has 1 fully saturated rings. The third-order valence-electron chi connectivity index (χ3n) is 4.55. The Morgan fingerprint density at radius 3 is 2.44 bits per heavy atom. The van der Waals surface area contributed by atoms with Crippen LogP contribution in [0.25, 0.3) is 23.2 Å². The number of aromatic nitrogens is 5. The molecule has 128 valence electrons. The first-order valence-electron chi connectivity index (χ1n) is 8.86. The van der Waals surface area contributed by atoms with E-state index in [0.29, 0.717) is 0 Å². The van der Waals surface area contributed by atoms with Crippen LogP contribution in [0.3, 0.4) is 0 Å². The Hall–Kier alpha value is -2.76. The zero-order valence-electron chi connectivity index (χ0n) is 14.7. The van der Waals surface area contributed by atoms with E-state index in [-0.39, 0.29) is 0 Å². The number of anilines is 1. The molecule has 0 bridgehead atoms. The van der Waals surface area contributed by atoms with E-state index in [9.17, 15) is 0 Å². The normalized spacial score (nSPS) is 14.9. The average Bonchev–Trinajstić information content (AvgIpc) is 3.29. The van der Waals surface area contributed by atoms with E-state index in [1.54, 1.807) is 0 Å². The van der Waals surface area contributed by atoms with E-state index in [2.05, 4.69) is 21.9 Å². The summed E-state index contributed by atoms with van der Waals surface area (Å²) in [6.07, 6.45) is 6.41. The molecule has 1 aliphatic heterocycles. The Labute approximate surface area is 147 Å². The molecule has 0 unspecified atom stereocenters. The highest BCUT2D eigenvalue weighted by Crippen LogP contribution is 2.18. The van der Waals surface area contributed by atoms with Crippen molar-refractivity contribution in [2.45, 2.75) is 33.2 Å². The first kappa shape index (κ1) is 15.7. The van der Waals surface area contributed by atoms with Crippen LogP contribution >= 0.6 is 0 Å². The lowest BCUT2D eigenvalue weighted by Gasteiger charge is -2.10. The van der Waals surface area contributed by atoms with Crippen LogP contribution in [0.5, 0.6) is 0 Å². The van der Waals surface area contributed by atoms with Gasteiger partial charge in [-0.25, -0.2) is 14.6 Å². The van der Waals surface area contributed by atoms with E-state index in [0.717, 1.165) is 53.8 Å². The van der Waals surface area contributed by atoms with Crippen LogP contribution in [-0.2, 0) is 6.54 Å². The molecule has 4 rings (SSSR count). The maximum Gasteiger partial charge on any atom is 0.245 e. The Kier molecular flexibility index (Phi) is 4.17. The molecule has 3 aromatic rings. The first-order valence-corrected chi connectivity index (χ1v) is 8.86. The van der Waals surface area contributed by atoms with Crippen molar-refractivity contribution in [1.82, 2.24) is 24.7 Å². The van der Waals surface area contributed by atoms with Gasteiger partial charge in [-0.3, -0.25) is 0 Å². The van der Waals surface area contributed by atoms with Gasteiger partial charge in [0, 0.05) is 19.6 Å². The van der Waals surface area contributed by atoms with Crippen molar-refractivity contribution in [2.24, 2.45) is 0 Å². The van der Waals surface area contributed by atoms with E-state index in [4.69, 9.17) is 9.97 Å². The van der Waals surface area contributed by atoms with Crippen LogP contribution in [-0.4, -0.2) is 37.8 Å². The van der Waals surface area contributed by atoms with Crippen LogP contribution in [0, 0.1) is 6.92 Å². The van der Waals surface area contributed by atoms with Crippen LogP contribution < -0.4 is 4.90 Å². The quantitative estimate of drug-likeness (QED) is 0.732. The smallest absolute Gasteiger partial charge is 0.245 e. The molecule has 6 nitrogen and oxygen atoms in total. The number of benzene rings is 1. The number of rotatable bonds is 4. The number of nitrogens with zero attached hydrogens (tertiary/aromatic N) is 6. The van der Waals surface area contributed by atoms with Gasteiger partial charge in [0.25, 0.3) is 0 Å². The summed E-state index contributed by atoms with van der Waals surface area (Å²) in [5.41, 5.74) is 3.61. The van der Waals surface area contributed by atoms with Crippen molar-refractivity contribution >= 4 is 29.1 Å². The molecule has 0 amide bonds. The lowest BCUT2D eigenvalue weighted by atomic mass is 10.2. The van der Waals surface area contributed by atoms with Gasteiger partial charge in [0.2, 0.25) is 5.95 Å². The maximum absolute atomic E-state index is 4.71. The van der Waals surface area contributed by atoms with Gasteiger partial charge in [-0.1, -0.05) is 12.1 Å². The van der Waals surface area contributed by atoms with E-state index < -0.39 is 0 Å². The van der Waals surface area contributed by atoms with E-state index in [1.807, 2.05) is 48.0 Å². The second-order valence-corrected chi connectivity index (χ2v) is 6.30. The predicted octanol–water partition coefficient (Wildman–Crippen LogP) is 3.32. The third kappa shape index (κ3) is 3.12. The minimum Gasteiger partial charge on any atom is -0.340 e. The molecular weight excluding hydrogens is 312 g/mol.